The summed E-state index contributed by atoms with van der Waals surface area (Å²) in [5.41, 5.74) is 0.883. The number of carbonyl (C=O) groups excluding carboxylic acids is 1. The fraction of sp³-hybridized carbons (Fsp3) is 0.100. The molecule has 0 N–H and O–H groups in total. The molecule has 0 bridgehead atoms. The molecule has 4 heteroatoms. The fourth-order valence-electron chi connectivity index (χ4n) is 1.04. The molecule has 0 saturated carbocycles. The van der Waals surface area contributed by atoms with E-state index in [9.17, 15) is 4.79 Å². The van der Waals surface area contributed by atoms with Crippen LogP contribution in [0.2, 0.25) is 10.0 Å². The van der Waals surface area contributed by atoms with Crippen molar-refractivity contribution < 1.29 is 4.79 Å². The molecular weight excluding hydrogens is 242 g/mol. The van der Waals surface area contributed by atoms with Crippen molar-refractivity contribution in [2.24, 2.45) is 0 Å². The van der Waals surface area contributed by atoms with Crippen molar-refractivity contribution >= 4 is 46.1 Å². The molecule has 0 aliphatic carbocycles. The fourth-order valence-corrected chi connectivity index (χ4v) is 1.83. The zero-order valence-electron chi connectivity index (χ0n) is 7.35. The Balaban J connectivity index is 3.40. The van der Waals surface area contributed by atoms with Crippen LogP contribution in [0.25, 0.3) is 6.08 Å². The third-order valence-electron chi connectivity index (χ3n) is 1.67. The van der Waals surface area contributed by atoms with Crippen LogP contribution in [0.4, 0.5) is 0 Å². The van der Waals surface area contributed by atoms with Gasteiger partial charge in [-0.1, -0.05) is 35.4 Å². The quantitative estimate of drug-likeness (QED) is 0.710. The lowest BCUT2D eigenvalue weighted by molar-refractivity contribution is 0.108. The van der Waals surface area contributed by atoms with E-state index in [2.05, 4.69) is 0 Å². The van der Waals surface area contributed by atoms with Crippen molar-refractivity contribution in [3.05, 3.63) is 39.4 Å². The Morgan fingerprint density at radius 1 is 1.36 bits per heavy atom. The normalized spacial score (nSPS) is 10.9. The van der Waals surface area contributed by atoms with Crippen LogP contribution in [-0.2, 0) is 0 Å². The lowest BCUT2D eigenvalue weighted by Gasteiger charge is -2.04. The highest BCUT2D eigenvalue weighted by Crippen LogP contribution is 2.30. The van der Waals surface area contributed by atoms with E-state index in [1.807, 2.05) is 6.92 Å². The van der Waals surface area contributed by atoms with Gasteiger partial charge in [0, 0.05) is 10.6 Å². The molecule has 0 aliphatic rings. The van der Waals surface area contributed by atoms with E-state index in [1.165, 1.54) is 6.07 Å². The minimum Gasteiger partial charge on any atom is -0.276 e. The number of carbonyl (C=O) groups is 1. The van der Waals surface area contributed by atoms with Gasteiger partial charge in [-0.3, -0.25) is 4.79 Å². The van der Waals surface area contributed by atoms with E-state index in [1.54, 1.807) is 18.2 Å². The van der Waals surface area contributed by atoms with Gasteiger partial charge in [-0.25, -0.2) is 0 Å². The van der Waals surface area contributed by atoms with Crippen molar-refractivity contribution in [1.29, 1.82) is 0 Å². The minimum atomic E-state index is -0.586. The average molecular weight is 250 g/mol. The van der Waals surface area contributed by atoms with Gasteiger partial charge in [-0.2, -0.15) is 0 Å². The van der Waals surface area contributed by atoms with E-state index >= 15 is 0 Å². The first-order valence-corrected chi connectivity index (χ1v) is 5.02. The molecule has 0 spiro atoms. The summed E-state index contributed by atoms with van der Waals surface area (Å²) >= 11 is 17.2. The van der Waals surface area contributed by atoms with E-state index in [4.69, 9.17) is 34.8 Å². The van der Waals surface area contributed by atoms with Crippen molar-refractivity contribution in [1.82, 2.24) is 0 Å². The summed E-state index contributed by atoms with van der Waals surface area (Å²) in [4.78, 5) is 10.9. The second-order valence-electron chi connectivity index (χ2n) is 2.60. The Kier molecular flexibility index (Phi) is 3.99. The summed E-state index contributed by atoms with van der Waals surface area (Å²) in [5.74, 6) is 0. The van der Waals surface area contributed by atoms with Crippen LogP contribution in [-0.4, -0.2) is 5.24 Å². The largest absolute Gasteiger partial charge is 0.276 e. The summed E-state index contributed by atoms with van der Waals surface area (Å²) in [6.07, 6.45) is 3.52. The Bertz CT molecular complexity index is 397. The van der Waals surface area contributed by atoms with Gasteiger partial charge < -0.3 is 0 Å². The van der Waals surface area contributed by atoms with Crippen LogP contribution in [0.1, 0.15) is 22.8 Å². The maximum Gasteiger partial charge on any atom is 0.253 e. The molecule has 0 unspecified atom stereocenters. The molecule has 0 fully saturated rings. The topological polar surface area (TPSA) is 17.1 Å². The third kappa shape index (κ3) is 2.30. The smallest absolute Gasteiger partial charge is 0.253 e. The molecule has 0 atom stereocenters. The summed E-state index contributed by atoms with van der Waals surface area (Å²) in [6.45, 7) is 1.84. The predicted octanol–water partition coefficient (Wildman–Crippen LogP) is 4.41. The Hall–Kier alpha value is -0.500. The van der Waals surface area contributed by atoms with Crippen LogP contribution in [0.3, 0.4) is 0 Å². The molecule has 0 aromatic heterocycles. The van der Waals surface area contributed by atoms with Crippen LogP contribution in [0, 0.1) is 0 Å². The molecule has 1 aromatic rings. The van der Waals surface area contributed by atoms with Crippen LogP contribution in [0.5, 0.6) is 0 Å². The van der Waals surface area contributed by atoms with Crippen molar-refractivity contribution in [2.75, 3.05) is 0 Å². The zero-order valence-corrected chi connectivity index (χ0v) is 9.62. The maximum atomic E-state index is 10.9. The van der Waals surface area contributed by atoms with Gasteiger partial charge in [0.1, 0.15) is 0 Å². The van der Waals surface area contributed by atoms with Gasteiger partial charge in [-0.05, 0) is 30.7 Å². The molecule has 74 valence electrons. The number of hydrogen-bond acceptors (Lipinski definition) is 1. The van der Waals surface area contributed by atoms with Crippen molar-refractivity contribution in [2.45, 2.75) is 6.92 Å². The molecular formula is C10H7Cl3O. The summed E-state index contributed by atoms with van der Waals surface area (Å²) in [6, 6.07) is 3.10. The van der Waals surface area contributed by atoms with Gasteiger partial charge in [-0.15, -0.1) is 0 Å². The molecule has 0 aliphatic heterocycles. The molecule has 0 heterocycles. The molecule has 1 aromatic carbocycles. The first kappa shape index (κ1) is 11.6. The zero-order chi connectivity index (χ0) is 10.7. The highest BCUT2D eigenvalue weighted by Gasteiger charge is 2.12. The Morgan fingerprint density at radius 2 is 2.00 bits per heavy atom. The number of benzene rings is 1. The molecule has 14 heavy (non-hydrogen) atoms. The number of rotatable bonds is 2. The monoisotopic (exact) mass is 248 g/mol. The van der Waals surface area contributed by atoms with Crippen molar-refractivity contribution in [3.63, 3.8) is 0 Å². The second-order valence-corrected chi connectivity index (χ2v) is 3.72. The number of allylic oxidation sites excluding steroid dienone is 1. The lowest BCUT2D eigenvalue weighted by atomic mass is 10.1. The van der Waals surface area contributed by atoms with Gasteiger partial charge in [0.05, 0.1) is 10.6 Å². The first-order chi connectivity index (χ1) is 6.57. The van der Waals surface area contributed by atoms with E-state index in [-0.39, 0.29) is 10.6 Å². The Morgan fingerprint density at radius 3 is 2.50 bits per heavy atom. The maximum absolute atomic E-state index is 10.9. The highest BCUT2D eigenvalue weighted by atomic mass is 35.5. The van der Waals surface area contributed by atoms with Crippen molar-refractivity contribution in [3.8, 4) is 0 Å². The number of halogens is 3. The second kappa shape index (κ2) is 4.83. The van der Waals surface area contributed by atoms with Gasteiger partial charge in [0.25, 0.3) is 5.24 Å². The standard InChI is InChI=1S/C10H7Cl3O/c1-2-3-6-8(11)5-4-7(9(6)12)10(13)14/h2-5H,1H3. The summed E-state index contributed by atoms with van der Waals surface area (Å²) in [5, 5.41) is 0.197. The predicted molar refractivity (Wildman–Crippen MR) is 61.4 cm³/mol. The first-order valence-electron chi connectivity index (χ1n) is 3.88. The van der Waals surface area contributed by atoms with Crippen LogP contribution < -0.4 is 0 Å². The highest BCUT2D eigenvalue weighted by molar-refractivity contribution is 6.69. The lowest BCUT2D eigenvalue weighted by Crippen LogP contribution is -1.92. The van der Waals surface area contributed by atoms with E-state index in [0.717, 1.165) is 0 Å². The van der Waals surface area contributed by atoms with E-state index < -0.39 is 5.24 Å². The summed E-state index contributed by atoms with van der Waals surface area (Å²) in [7, 11) is 0. The van der Waals surface area contributed by atoms with Gasteiger partial charge >= 0.3 is 0 Å². The number of hydrogen-bond donors (Lipinski definition) is 0. The summed E-state index contributed by atoms with van der Waals surface area (Å²) < 4.78 is 0. The molecule has 1 nitrogen and oxygen atoms in total. The van der Waals surface area contributed by atoms with Crippen LogP contribution in [0.15, 0.2) is 18.2 Å². The Labute approximate surface area is 97.3 Å². The molecule has 0 saturated heterocycles. The molecule has 1 rings (SSSR count). The average Bonchev–Trinajstić information content (AvgIpc) is 2.11. The van der Waals surface area contributed by atoms with Gasteiger partial charge in [0.2, 0.25) is 0 Å². The van der Waals surface area contributed by atoms with Crippen LogP contribution >= 0.6 is 34.8 Å². The third-order valence-corrected chi connectivity index (χ3v) is 2.61. The molecule has 0 amide bonds. The molecule has 0 radical (unpaired) electrons. The SMILES string of the molecule is CC=Cc1c(Cl)ccc(C(=O)Cl)c1Cl. The minimum absolute atomic E-state index is 0.269. The van der Waals surface area contributed by atoms with E-state index in [0.29, 0.717) is 10.6 Å². The van der Waals surface area contributed by atoms with Gasteiger partial charge in [0.15, 0.2) is 0 Å².